The fraction of sp³-hybridized carbons (Fsp3) is 0.588. The third kappa shape index (κ3) is 4.13. The number of carbonyl (C=O) groups excluding carboxylic acids is 1. The molecule has 1 saturated heterocycles. The summed E-state index contributed by atoms with van der Waals surface area (Å²) in [5, 5.41) is 3.00. The first-order valence-corrected chi connectivity index (χ1v) is 10.0. The van der Waals surface area contributed by atoms with Gasteiger partial charge in [0.25, 0.3) is 0 Å². The van der Waals surface area contributed by atoms with Crippen LogP contribution in [0.4, 0.5) is 0 Å². The van der Waals surface area contributed by atoms with E-state index in [-0.39, 0.29) is 16.8 Å². The number of piperazine rings is 1. The summed E-state index contributed by atoms with van der Waals surface area (Å²) in [6, 6.07) is 6.53. The van der Waals surface area contributed by atoms with Crippen LogP contribution in [-0.4, -0.2) is 68.9 Å². The molecular formula is C17H25N3O4S. The summed E-state index contributed by atoms with van der Waals surface area (Å²) in [4.78, 5) is 14.5. The van der Waals surface area contributed by atoms with Crippen molar-refractivity contribution in [3.63, 3.8) is 0 Å². The van der Waals surface area contributed by atoms with Crippen LogP contribution in [0.5, 0.6) is 5.75 Å². The first kappa shape index (κ1) is 18.2. The topological polar surface area (TPSA) is 79.0 Å². The van der Waals surface area contributed by atoms with Gasteiger partial charge in [0.05, 0.1) is 18.0 Å². The molecule has 1 atom stereocenters. The highest BCUT2D eigenvalue weighted by Gasteiger charge is 2.33. The van der Waals surface area contributed by atoms with E-state index in [1.165, 1.54) is 4.31 Å². The summed E-state index contributed by atoms with van der Waals surface area (Å²) in [5.41, 5.74) is 0. The number of nitrogens with one attached hydrogen (secondary N) is 1. The van der Waals surface area contributed by atoms with Gasteiger partial charge in [-0.05, 0) is 44.0 Å². The summed E-state index contributed by atoms with van der Waals surface area (Å²) in [7, 11) is -1.97. The van der Waals surface area contributed by atoms with Crippen LogP contribution in [0.3, 0.4) is 0 Å². The van der Waals surface area contributed by atoms with Crippen molar-refractivity contribution >= 4 is 15.9 Å². The van der Waals surface area contributed by atoms with Gasteiger partial charge in [-0.15, -0.1) is 0 Å². The Labute approximate surface area is 149 Å². The molecular weight excluding hydrogens is 342 g/mol. The Balaban J connectivity index is 1.59. The Hall–Kier alpha value is -1.64. The summed E-state index contributed by atoms with van der Waals surface area (Å²) in [5.74, 6) is 0.660. The zero-order valence-corrected chi connectivity index (χ0v) is 15.5. The van der Waals surface area contributed by atoms with Crippen molar-refractivity contribution in [3.05, 3.63) is 24.3 Å². The molecule has 1 aromatic rings. The molecule has 1 N–H and O–H groups in total. The van der Waals surface area contributed by atoms with Gasteiger partial charge in [0.1, 0.15) is 5.75 Å². The van der Waals surface area contributed by atoms with Crippen molar-refractivity contribution in [2.45, 2.75) is 36.7 Å². The smallest absolute Gasteiger partial charge is 0.243 e. The van der Waals surface area contributed by atoms with Crippen LogP contribution in [0, 0.1) is 0 Å². The number of methoxy groups -OCH3 is 1. The first-order chi connectivity index (χ1) is 11.9. The van der Waals surface area contributed by atoms with Gasteiger partial charge in [0, 0.05) is 32.2 Å². The molecule has 0 radical (unpaired) electrons. The molecule has 0 bridgehead atoms. The number of carbonyl (C=O) groups is 1. The van der Waals surface area contributed by atoms with Crippen molar-refractivity contribution in [1.29, 1.82) is 0 Å². The number of sulfonamides is 1. The normalized spacial score (nSPS) is 20.9. The van der Waals surface area contributed by atoms with Crippen molar-refractivity contribution in [2.24, 2.45) is 0 Å². The number of ether oxygens (including phenoxy) is 1. The average Bonchev–Trinajstić information content (AvgIpc) is 3.45. The maximum absolute atomic E-state index is 12.7. The van der Waals surface area contributed by atoms with Crippen molar-refractivity contribution < 1.29 is 17.9 Å². The second-order valence-corrected chi connectivity index (χ2v) is 8.51. The number of amides is 1. The minimum absolute atomic E-state index is 0.0361. The number of rotatable bonds is 6. The quantitative estimate of drug-likeness (QED) is 0.799. The van der Waals surface area contributed by atoms with Gasteiger partial charge >= 0.3 is 0 Å². The Morgan fingerprint density at radius 1 is 1.16 bits per heavy atom. The van der Waals surface area contributed by atoms with E-state index in [1.807, 2.05) is 11.8 Å². The molecule has 1 saturated carbocycles. The van der Waals surface area contributed by atoms with Gasteiger partial charge in [0.2, 0.25) is 15.9 Å². The molecule has 1 heterocycles. The first-order valence-electron chi connectivity index (χ1n) is 8.60. The number of hydrogen-bond donors (Lipinski definition) is 1. The third-order valence-electron chi connectivity index (χ3n) is 4.82. The van der Waals surface area contributed by atoms with Crippen LogP contribution in [0.15, 0.2) is 29.2 Å². The minimum atomic E-state index is -3.51. The maximum Gasteiger partial charge on any atom is 0.243 e. The molecule has 1 amide bonds. The maximum atomic E-state index is 12.7. The molecule has 0 unspecified atom stereocenters. The molecule has 1 aliphatic heterocycles. The minimum Gasteiger partial charge on any atom is -0.497 e. The lowest BCUT2D eigenvalue weighted by Crippen LogP contribution is -2.55. The van der Waals surface area contributed by atoms with E-state index in [9.17, 15) is 13.2 Å². The lowest BCUT2D eigenvalue weighted by Gasteiger charge is -2.36. The average molecular weight is 367 g/mol. The van der Waals surface area contributed by atoms with Crippen molar-refractivity contribution in [1.82, 2.24) is 14.5 Å². The molecule has 8 heteroatoms. The van der Waals surface area contributed by atoms with E-state index in [0.717, 1.165) is 12.8 Å². The second-order valence-electron chi connectivity index (χ2n) is 6.57. The van der Waals surface area contributed by atoms with Gasteiger partial charge in [-0.3, -0.25) is 9.69 Å². The lowest BCUT2D eigenvalue weighted by atomic mass is 10.2. The molecule has 3 rings (SSSR count). The largest absolute Gasteiger partial charge is 0.497 e. The van der Waals surface area contributed by atoms with Crippen LogP contribution in [0.1, 0.15) is 19.8 Å². The fourth-order valence-electron chi connectivity index (χ4n) is 2.94. The Kier molecular flexibility index (Phi) is 5.31. The van der Waals surface area contributed by atoms with Crippen LogP contribution in [-0.2, 0) is 14.8 Å². The molecule has 138 valence electrons. The third-order valence-corrected chi connectivity index (χ3v) is 6.73. The molecule has 25 heavy (non-hydrogen) atoms. The van der Waals surface area contributed by atoms with Gasteiger partial charge in [-0.1, -0.05) is 0 Å². The molecule has 2 fully saturated rings. The standard InChI is InChI=1S/C17H25N3O4S/c1-13(17(21)18-14-3-4-14)19-9-11-20(12-10-19)25(22,23)16-7-5-15(24-2)6-8-16/h5-8,13-14H,3-4,9-12H2,1-2H3,(H,18,21)/t13-/m1/s1. The number of hydrogen-bond acceptors (Lipinski definition) is 5. The van der Waals surface area contributed by atoms with Crippen molar-refractivity contribution in [2.75, 3.05) is 33.3 Å². The molecule has 0 aromatic heterocycles. The second kappa shape index (κ2) is 7.31. The number of nitrogens with zero attached hydrogens (tertiary/aromatic N) is 2. The lowest BCUT2D eigenvalue weighted by molar-refractivity contribution is -0.126. The van der Waals surface area contributed by atoms with E-state index in [0.29, 0.717) is 38.0 Å². The van der Waals surface area contributed by atoms with Crippen LogP contribution in [0.25, 0.3) is 0 Å². The highest BCUT2D eigenvalue weighted by Crippen LogP contribution is 2.22. The highest BCUT2D eigenvalue weighted by atomic mass is 32.2. The van der Waals surface area contributed by atoms with E-state index in [4.69, 9.17) is 4.74 Å². The summed E-state index contributed by atoms with van der Waals surface area (Å²) < 4.78 is 32.0. The molecule has 2 aliphatic rings. The Bertz CT molecular complexity index is 708. The molecule has 1 aliphatic carbocycles. The predicted molar refractivity (Wildman–Crippen MR) is 94.0 cm³/mol. The zero-order chi connectivity index (χ0) is 18.0. The van der Waals surface area contributed by atoms with Gasteiger partial charge in [-0.25, -0.2) is 8.42 Å². The van der Waals surface area contributed by atoms with Crippen LogP contribution in [0.2, 0.25) is 0 Å². The summed E-state index contributed by atoms with van der Waals surface area (Å²) in [6.45, 7) is 3.75. The Morgan fingerprint density at radius 2 is 1.76 bits per heavy atom. The van der Waals surface area contributed by atoms with E-state index < -0.39 is 10.0 Å². The fourth-order valence-corrected chi connectivity index (χ4v) is 4.37. The SMILES string of the molecule is COc1ccc(S(=O)(=O)N2CCN([C@H](C)C(=O)NC3CC3)CC2)cc1. The van der Waals surface area contributed by atoms with Gasteiger partial charge in [0.15, 0.2) is 0 Å². The zero-order valence-electron chi connectivity index (χ0n) is 14.6. The molecule has 0 spiro atoms. The van der Waals surface area contributed by atoms with Gasteiger partial charge < -0.3 is 10.1 Å². The van der Waals surface area contributed by atoms with Crippen LogP contribution >= 0.6 is 0 Å². The molecule has 7 nitrogen and oxygen atoms in total. The van der Waals surface area contributed by atoms with Crippen molar-refractivity contribution in [3.8, 4) is 5.75 Å². The van der Waals surface area contributed by atoms with E-state index in [2.05, 4.69) is 5.32 Å². The monoisotopic (exact) mass is 367 g/mol. The highest BCUT2D eigenvalue weighted by molar-refractivity contribution is 7.89. The van der Waals surface area contributed by atoms with Gasteiger partial charge in [-0.2, -0.15) is 4.31 Å². The summed E-state index contributed by atoms with van der Waals surface area (Å²) >= 11 is 0. The molecule has 1 aromatic carbocycles. The van der Waals surface area contributed by atoms with E-state index in [1.54, 1.807) is 31.4 Å². The van der Waals surface area contributed by atoms with Crippen LogP contribution < -0.4 is 10.1 Å². The summed E-state index contributed by atoms with van der Waals surface area (Å²) in [6.07, 6.45) is 2.12. The predicted octanol–water partition coefficient (Wildman–Crippen LogP) is 0.669. The number of benzene rings is 1. The Morgan fingerprint density at radius 3 is 2.28 bits per heavy atom. The van der Waals surface area contributed by atoms with E-state index >= 15 is 0 Å².